The average Bonchev–Trinajstić information content (AvgIpc) is 2.67. The number of nitrogens with zero attached hydrogens (tertiary/aromatic N) is 2. The van der Waals surface area contributed by atoms with Crippen LogP contribution in [-0.4, -0.2) is 48.6 Å². The molecule has 0 aliphatic carbocycles. The minimum absolute atomic E-state index is 0.00618. The van der Waals surface area contributed by atoms with Gasteiger partial charge in [0.15, 0.2) is 0 Å². The molecular formula is C19H20ClN3O2S. The van der Waals surface area contributed by atoms with E-state index in [4.69, 9.17) is 17.3 Å². The Labute approximate surface area is 162 Å². The van der Waals surface area contributed by atoms with Gasteiger partial charge in [-0.15, -0.1) is 11.8 Å². The quantitative estimate of drug-likeness (QED) is 0.798. The van der Waals surface area contributed by atoms with E-state index in [0.717, 1.165) is 23.7 Å². The van der Waals surface area contributed by atoms with Crippen molar-refractivity contribution in [1.82, 2.24) is 4.90 Å². The van der Waals surface area contributed by atoms with Crippen molar-refractivity contribution in [3.05, 3.63) is 59.1 Å². The van der Waals surface area contributed by atoms with Crippen LogP contribution in [0.15, 0.2) is 53.4 Å². The molecule has 3 rings (SSSR count). The molecule has 0 atom stereocenters. The SMILES string of the molecule is NC(=O)CSc1ccccc1C(=O)N1CCN(c2ccc(Cl)cc2)CC1. The predicted molar refractivity (Wildman–Crippen MR) is 106 cm³/mol. The Morgan fingerprint density at radius 2 is 1.65 bits per heavy atom. The Balaban J connectivity index is 1.65. The number of hydrogen-bond donors (Lipinski definition) is 1. The van der Waals surface area contributed by atoms with Crippen LogP contribution >= 0.6 is 23.4 Å². The molecule has 2 aromatic carbocycles. The van der Waals surface area contributed by atoms with E-state index in [9.17, 15) is 9.59 Å². The summed E-state index contributed by atoms with van der Waals surface area (Å²) in [4.78, 5) is 28.8. The summed E-state index contributed by atoms with van der Waals surface area (Å²) >= 11 is 7.24. The lowest BCUT2D eigenvalue weighted by Crippen LogP contribution is -2.48. The van der Waals surface area contributed by atoms with Crippen molar-refractivity contribution in [2.24, 2.45) is 5.73 Å². The molecule has 0 radical (unpaired) electrons. The van der Waals surface area contributed by atoms with E-state index in [1.807, 2.05) is 47.4 Å². The fourth-order valence-corrected chi connectivity index (χ4v) is 3.82. The van der Waals surface area contributed by atoms with E-state index in [-0.39, 0.29) is 11.7 Å². The highest BCUT2D eigenvalue weighted by Crippen LogP contribution is 2.25. The fraction of sp³-hybridized carbons (Fsp3) is 0.263. The summed E-state index contributed by atoms with van der Waals surface area (Å²) in [6, 6.07) is 15.1. The monoisotopic (exact) mass is 389 g/mol. The summed E-state index contributed by atoms with van der Waals surface area (Å²) in [6.07, 6.45) is 0. The van der Waals surface area contributed by atoms with Crippen molar-refractivity contribution in [3.8, 4) is 0 Å². The molecule has 5 nitrogen and oxygen atoms in total. The van der Waals surface area contributed by atoms with E-state index in [0.29, 0.717) is 23.7 Å². The zero-order valence-electron chi connectivity index (χ0n) is 14.2. The van der Waals surface area contributed by atoms with Gasteiger partial charge in [-0.3, -0.25) is 9.59 Å². The first kappa shape index (κ1) is 18.6. The first-order valence-corrected chi connectivity index (χ1v) is 9.71. The number of thioether (sulfide) groups is 1. The van der Waals surface area contributed by atoms with Crippen molar-refractivity contribution < 1.29 is 9.59 Å². The number of halogens is 1. The predicted octanol–water partition coefficient (Wildman–Crippen LogP) is 2.88. The van der Waals surface area contributed by atoms with E-state index in [2.05, 4.69) is 4.90 Å². The highest BCUT2D eigenvalue weighted by Gasteiger charge is 2.24. The normalized spacial score (nSPS) is 14.3. The van der Waals surface area contributed by atoms with Crippen LogP contribution in [0, 0.1) is 0 Å². The maximum absolute atomic E-state index is 12.9. The fourth-order valence-electron chi connectivity index (χ4n) is 2.91. The summed E-state index contributed by atoms with van der Waals surface area (Å²) in [5.74, 6) is -0.239. The van der Waals surface area contributed by atoms with Crippen LogP contribution in [-0.2, 0) is 4.79 Å². The van der Waals surface area contributed by atoms with Crippen LogP contribution < -0.4 is 10.6 Å². The molecule has 1 heterocycles. The lowest BCUT2D eigenvalue weighted by molar-refractivity contribution is -0.115. The highest BCUT2D eigenvalue weighted by atomic mass is 35.5. The van der Waals surface area contributed by atoms with Gasteiger partial charge in [0.25, 0.3) is 5.91 Å². The zero-order valence-corrected chi connectivity index (χ0v) is 15.8. The maximum Gasteiger partial charge on any atom is 0.255 e. The average molecular weight is 390 g/mol. The lowest BCUT2D eigenvalue weighted by atomic mass is 10.1. The molecule has 0 unspecified atom stereocenters. The number of hydrogen-bond acceptors (Lipinski definition) is 4. The molecule has 1 saturated heterocycles. The Morgan fingerprint density at radius 3 is 2.31 bits per heavy atom. The Kier molecular flexibility index (Phi) is 6.06. The molecule has 0 spiro atoms. The Morgan fingerprint density at radius 1 is 1.00 bits per heavy atom. The molecule has 7 heteroatoms. The smallest absolute Gasteiger partial charge is 0.255 e. The molecule has 0 aromatic heterocycles. The number of nitrogens with two attached hydrogens (primary N) is 1. The van der Waals surface area contributed by atoms with Gasteiger partial charge in [-0.2, -0.15) is 0 Å². The van der Waals surface area contributed by atoms with Gasteiger partial charge in [0.1, 0.15) is 0 Å². The van der Waals surface area contributed by atoms with Gasteiger partial charge in [-0.05, 0) is 36.4 Å². The molecule has 136 valence electrons. The van der Waals surface area contributed by atoms with Crippen molar-refractivity contribution in [2.45, 2.75) is 4.90 Å². The zero-order chi connectivity index (χ0) is 18.5. The molecule has 1 aliphatic rings. The van der Waals surface area contributed by atoms with Crippen molar-refractivity contribution >= 4 is 40.9 Å². The first-order valence-electron chi connectivity index (χ1n) is 8.34. The second kappa shape index (κ2) is 8.47. The maximum atomic E-state index is 12.9. The molecule has 2 N–H and O–H groups in total. The first-order chi connectivity index (χ1) is 12.5. The Hall–Kier alpha value is -2.18. The summed E-state index contributed by atoms with van der Waals surface area (Å²) in [5.41, 5.74) is 6.95. The van der Waals surface area contributed by atoms with E-state index in [1.165, 1.54) is 11.8 Å². The second-order valence-corrected chi connectivity index (χ2v) is 7.46. The minimum Gasteiger partial charge on any atom is -0.369 e. The molecule has 1 aliphatic heterocycles. The third-order valence-corrected chi connectivity index (χ3v) is 5.59. The molecule has 1 fully saturated rings. The van der Waals surface area contributed by atoms with Gasteiger partial charge < -0.3 is 15.5 Å². The lowest BCUT2D eigenvalue weighted by Gasteiger charge is -2.36. The van der Waals surface area contributed by atoms with Crippen LogP contribution in [0.25, 0.3) is 0 Å². The third-order valence-electron chi connectivity index (χ3n) is 4.25. The number of piperazine rings is 1. The molecule has 0 bridgehead atoms. The van der Waals surface area contributed by atoms with E-state index < -0.39 is 5.91 Å². The summed E-state index contributed by atoms with van der Waals surface area (Å²) in [6.45, 7) is 2.83. The summed E-state index contributed by atoms with van der Waals surface area (Å²) < 4.78 is 0. The van der Waals surface area contributed by atoms with Crippen molar-refractivity contribution in [1.29, 1.82) is 0 Å². The summed E-state index contributed by atoms with van der Waals surface area (Å²) in [7, 11) is 0. The summed E-state index contributed by atoms with van der Waals surface area (Å²) in [5, 5.41) is 0.715. The number of primary amides is 1. The number of amides is 2. The molecule has 2 amide bonds. The number of carbonyl (C=O) groups excluding carboxylic acids is 2. The van der Waals surface area contributed by atoms with Gasteiger partial charge >= 0.3 is 0 Å². The topological polar surface area (TPSA) is 66.6 Å². The van der Waals surface area contributed by atoms with E-state index >= 15 is 0 Å². The second-order valence-electron chi connectivity index (χ2n) is 6.01. The van der Waals surface area contributed by atoms with Gasteiger partial charge in [-0.1, -0.05) is 23.7 Å². The van der Waals surface area contributed by atoms with Gasteiger partial charge in [0.2, 0.25) is 5.91 Å². The number of rotatable bonds is 5. The molecule has 2 aromatic rings. The molecule has 26 heavy (non-hydrogen) atoms. The minimum atomic E-state index is -0.395. The van der Waals surface area contributed by atoms with Crippen molar-refractivity contribution in [2.75, 3.05) is 36.8 Å². The van der Waals surface area contributed by atoms with E-state index in [1.54, 1.807) is 6.07 Å². The molecular weight excluding hydrogens is 370 g/mol. The number of anilines is 1. The van der Waals surface area contributed by atoms with Gasteiger partial charge in [0, 0.05) is 41.8 Å². The largest absolute Gasteiger partial charge is 0.369 e. The Bertz CT molecular complexity index is 790. The highest BCUT2D eigenvalue weighted by molar-refractivity contribution is 8.00. The number of carbonyl (C=O) groups is 2. The van der Waals surface area contributed by atoms with Crippen LogP contribution in [0.2, 0.25) is 5.02 Å². The van der Waals surface area contributed by atoms with Crippen LogP contribution in [0.5, 0.6) is 0 Å². The van der Waals surface area contributed by atoms with Crippen molar-refractivity contribution in [3.63, 3.8) is 0 Å². The van der Waals surface area contributed by atoms with Crippen LogP contribution in [0.3, 0.4) is 0 Å². The van der Waals surface area contributed by atoms with Gasteiger partial charge in [-0.25, -0.2) is 0 Å². The van der Waals surface area contributed by atoms with Crippen LogP contribution in [0.1, 0.15) is 10.4 Å². The number of benzene rings is 2. The van der Waals surface area contributed by atoms with Crippen LogP contribution in [0.4, 0.5) is 5.69 Å². The molecule has 0 saturated carbocycles. The third kappa shape index (κ3) is 4.51. The standard InChI is InChI=1S/C19H20ClN3O2S/c20-14-5-7-15(8-6-14)22-9-11-23(12-10-22)19(25)16-3-1-2-4-17(16)26-13-18(21)24/h1-8H,9-13H2,(H2,21,24). The van der Waals surface area contributed by atoms with Gasteiger partial charge in [0.05, 0.1) is 11.3 Å².